The lowest BCUT2D eigenvalue weighted by atomic mass is 10.2. The molecule has 2 N–H and O–H groups in total. The Kier molecular flexibility index (Phi) is 4.58. The molecule has 0 unspecified atom stereocenters. The summed E-state index contributed by atoms with van der Waals surface area (Å²) in [6, 6.07) is 6.89. The van der Waals surface area contributed by atoms with Gasteiger partial charge in [0.2, 0.25) is 5.91 Å². The van der Waals surface area contributed by atoms with Crippen molar-refractivity contribution in [2.24, 2.45) is 0 Å². The lowest BCUT2D eigenvalue weighted by molar-refractivity contribution is -0.148. The first-order valence-electron chi connectivity index (χ1n) is 5.43. The van der Waals surface area contributed by atoms with E-state index in [0.717, 1.165) is 5.56 Å². The molecule has 0 aromatic heterocycles. The normalized spacial score (nSPS) is 11.3. The second-order valence-corrected chi connectivity index (χ2v) is 4.11. The van der Waals surface area contributed by atoms with Gasteiger partial charge in [0.05, 0.1) is 6.42 Å². The molecule has 0 saturated heterocycles. The van der Waals surface area contributed by atoms with Crippen LogP contribution in [0.2, 0.25) is 0 Å². The van der Waals surface area contributed by atoms with E-state index >= 15 is 0 Å². The first-order valence-corrected chi connectivity index (χ1v) is 5.43. The summed E-state index contributed by atoms with van der Waals surface area (Å²) in [6.07, 6.45) is -5.91. The minimum Gasteiger partial charge on any atom is -0.399 e. The summed E-state index contributed by atoms with van der Waals surface area (Å²) < 4.78 is 35.9. The van der Waals surface area contributed by atoms with Crippen LogP contribution < -0.4 is 5.73 Å². The molecule has 0 aliphatic heterocycles. The molecular weight excluding hydrogens is 245 g/mol. The van der Waals surface area contributed by atoms with Crippen LogP contribution in [0.1, 0.15) is 18.4 Å². The Morgan fingerprint density at radius 1 is 1.39 bits per heavy atom. The van der Waals surface area contributed by atoms with E-state index < -0.39 is 24.9 Å². The van der Waals surface area contributed by atoms with E-state index in [9.17, 15) is 18.0 Å². The standard InChI is InChI=1S/C12H15F3N2O/c1-17(11(18)5-6-12(13,14)15)8-9-3-2-4-10(16)7-9/h2-4,7H,5-6,8,16H2,1H3. The number of alkyl halides is 3. The van der Waals surface area contributed by atoms with Gasteiger partial charge in [-0.05, 0) is 17.7 Å². The van der Waals surface area contributed by atoms with Crippen molar-refractivity contribution < 1.29 is 18.0 Å². The van der Waals surface area contributed by atoms with Crippen molar-refractivity contribution >= 4 is 11.6 Å². The smallest absolute Gasteiger partial charge is 0.389 e. The molecule has 0 saturated carbocycles. The van der Waals surface area contributed by atoms with E-state index in [1.807, 2.05) is 0 Å². The van der Waals surface area contributed by atoms with Gasteiger partial charge in [0.25, 0.3) is 0 Å². The maximum atomic E-state index is 12.0. The largest absolute Gasteiger partial charge is 0.399 e. The van der Waals surface area contributed by atoms with Crippen molar-refractivity contribution in [1.82, 2.24) is 4.90 Å². The Bertz CT molecular complexity index is 418. The van der Waals surface area contributed by atoms with E-state index in [1.165, 1.54) is 11.9 Å². The van der Waals surface area contributed by atoms with Gasteiger partial charge >= 0.3 is 6.18 Å². The Labute approximate surface area is 103 Å². The number of rotatable bonds is 4. The molecule has 0 aliphatic rings. The van der Waals surface area contributed by atoms with Crippen LogP contribution in [-0.4, -0.2) is 24.0 Å². The van der Waals surface area contributed by atoms with E-state index in [0.29, 0.717) is 5.69 Å². The lowest BCUT2D eigenvalue weighted by Crippen LogP contribution is -2.27. The third kappa shape index (κ3) is 5.07. The zero-order valence-corrected chi connectivity index (χ0v) is 10.00. The van der Waals surface area contributed by atoms with Crippen molar-refractivity contribution in [3.63, 3.8) is 0 Å². The molecule has 100 valence electrons. The fraction of sp³-hybridized carbons (Fsp3) is 0.417. The van der Waals surface area contributed by atoms with Crippen molar-refractivity contribution in [2.45, 2.75) is 25.6 Å². The summed E-state index contributed by atoms with van der Waals surface area (Å²) in [5, 5.41) is 0. The number of benzene rings is 1. The van der Waals surface area contributed by atoms with Crippen LogP contribution in [0.3, 0.4) is 0 Å². The third-order valence-corrected chi connectivity index (χ3v) is 2.42. The van der Waals surface area contributed by atoms with E-state index in [2.05, 4.69) is 0 Å². The number of nitrogens with two attached hydrogens (primary N) is 1. The summed E-state index contributed by atoms with van der Waals surface area (Å²) >= 11 is 0. The molecule has 1 aromatic rings. The number of nitrogen functional groups attached to an aromatic ring is 1. The maximum absolute atomic E-state index is 12.0. The van der Waals surface area contributed by atoms with Gasteiger partial charge in [-0.2, -0.15) is 13.2 Å². The molecule has 0 spiro atoms. The average Bonchev–Trinajstić information content (AvgIpc) is 2.24. The number of carbonyl (C=O) groups excluding carboxylic acids is 1. The topological polar surface area (TPSA) is 46.3 Å². The van der Waals surface area contributed by atoms with Gasteiger partial charge in [-0.15, -0.1) is 0 Å². The van der Waals surface area contributed by atoms with Gasteiger partial charge < -0.3 is 10.6 Å². The molecule has 0 bridgehead atoms. The van der Waals surface area contributed by atoms with Crippen molar-refractivity contribution in [2.75, 3.05) is 12.8 Å². The highest BCUT2D eigenvalue weighted by molar-refractivity contribution is 5.75. The highest BCUT2D eigenvalue weighted by Crippen LogP contribution is 2.22. The van der Waals surface area contributed by atoms with Gasteiger partial charge in [0.1, 0.15) is 0 Å². The lowest BCUT2D eigenvalue weighted by Gasteiger charge is -2.18. The van der Waals surface area contributed by atoms with Crippen LogP contribution in [0.25, 0.3) is 0 Å². The van der Waals surface area contributed by atoms with Crippen LogP contribution >= 0.6 is 0 Å². The summed E-state index contributed by atoms with van der Waals surface area (Å²) in [5.74, 6) is -0.533. The summed E-state index contributed by atoms with van der Waals surface area (Å²) in [7, 11) is 1.47. The first-order chi connectivity index (χ1) is 8.28. The monoisotopic (exact) mass is 260 g/mol. The Morgan fingerprint density at radius 2 is 2.06 bits per heavy atom. The third-order valence-electron chi connectivity index (χ3n) is 2.42. The van der Waals surface area contributed by atoms with Gasteiger partial charge in [-0.25, -0.2) is 0 Å². The molecule has 0 aliphatic carbocycles. The Hall–Kier alpha value is -1.72. The van der Waals surface area contributed by atoms with E-state index in [-0.39, 0.29) is 6.54 Å². The van der Waals surface area contributed by atoms with Crippen LogP contribution in [0.5, 0.6) is 0 Å². The zero-order chi connectivity index (χ0) is 13.8. The second kappa shape index (κ2) is 5.75. The minimum absolute atomic E-state index is 0.252. The number of anilines is 1. The molecule has 0 heterocycles. The van der Waals surface area contributed by atoms with Crippen LogP contribution in [0.4, 0.5) is 18.9 Å². The van der Waals surface area contributed by atoms with Gasteiger partial charge in [0.15, 0.2) is 0 Å². The fourth-order valence-corrected chi connectivity index (χ4v) is 1.49. The molecule has 3 nitrogen and oxygen atoms in total. The number of hydrogen-bond acceptors (Lipinski definition) is 2. The zero-order valence-electron chi connectivity index (χ0n) is 10.00. The van der Waals surface area contributed by atoms with Crippen LogP contribution in [-0.2, 0) is 11.3 Å². The fourth-order valence-electron chi connectivity index (χ4n) is 1.49. The van der Waals surface area contributed by atoms with Gasteiger partial charge in [-0.1, -0.05) is 12.1 Å². The van der Waals surface area contributed by atoms with Gasteiger partial charge in [-0.3, -0.25) is 4.79 Å². The number of carbonyl (C=O) groups is 1. The maximum Gasteiger partial charge on any atom is 0.389 e. The quantitative estimate of drug-likeness (QED) is 0.846. The highest BCUT2D eigenvalue weighted by Gasteiger charge is 2.28. The predicted molar refractivity (Wildman–Crippen MR) is 62.6 cm³/mol. The molecule has 1 amide bonds. The van der Waals surface area contributed by atoms with E-state index in [4.69, 9.17) is 5.73 Å². The van der Waals surface area contributed by atoms with Crippen molar-refractivity contribution in [3.8, 4) is 0 Å². The average molecular weight is 260 g/mol. The molecule has 0 radical (unpaired) electrons. The minimum atomic E-state index is -4.30. The molecule has 18 heavy (non-hydrogen) atoms. The molecular formula is C12H15F3N2O. The summed E-state index contributed by atoms with van der Waals surface area (Å²) in [5.41, 5.74) is 6.92. The van der Waals surface area contributed by atoms with Crippen LogP contribution in [0.15, 0.2) is 24.3 Å². The molecule has 6 heteroatoms. The highest BCUT2D eigenvalue weighted by atomic mass is 19.4. The second-order valence-electron chi connectivity index (χ2n) is 4.11. The number of amides is 1. The Balaban J connectivity index is 2.50. The predicted octanol–water partition coefficient (Wildman–Crippen LogP) is 2.57. The van der Waals surface area contributed by atoms with Crippen molar-refractivity contribution in [1.29, 1.82) is 0 Å². The number of halogens is 3. The molecule has 1 rings (SSSR count). The SMILES string of the molecule is CN(Cc1cccc(N)c1)C(=O)CCC(F)(F)F. The molecule has 0 atom stereocenters. The summed E-state index contributed by atoms with van der Waals surface area (Å²) in [6.45, 7) is 0.252. The van der Waals surface area contributed by atoms with Gasteiger partial charge in [0, 0.05) is 25.7 Å². The number of hydrogen-bond donors (Lipinski definition) is 1. The molecule has 1 aromatic carbocycles. The van der Waals surface area contributed by atoms with E-state index in [1.54, 1.807) is 24.3 Å². The van der Waals surface area contributed by atoms with Crippen molar-refractivity contribution in [3.05, 3.63) is 29.8 Å². The first kappa shape index (κ1) is 14.3. The molecule has 0 fully saturated rings. The summed E-state index contributed by atoms with van der Waals surface area (Å²) in [4.78, 5) is 12.7. The Morgan fingerprint density at radius 3 is 2.61 bits per heavy atom. The van der Waals surface area contributed by atoms with Crippen LogP contribution in [0, 0.1) is 0 Å². The number of nitrogens with zero attached hydrogens (tertiary/aromatic N) is 1.